The van der Waals surface area contributed by atoms with Gasteiger partial charge in [-0.25, -0.2) is 0 Å². The first-order valence-corrected chi connectivity index (χ1v) is 10.5. The Hall–Kier alpha value is -4.16. The van der Waals surface area contributed by atoms with E-state index in [1.807, 2.05) is 0 Å². The third kappa shape index (κ3) is 2.42. The van der Waals surface area contributed by atoms with Crippen LogP contribution >= 0.6 is 0 Å². The monoisotopic (exact) mass is 468 g/mol. The van der Waals surface area contributed by atoms with E-state index >= 15 is 0 Å². The number of hydrogen-bond acceptors (Lipinski definition) is 0. The fraction of sp³-hybridized carbons (Fsp3) is 0.0857. The molecule has 0 bridgehead atoms. The van der Waals surface area contributed by atoms with Gasteiger partial charge in [-0.15, -0.1) is 0 Å². The molecule has 0 unspecified atom stereocenters. The number of fused-ring (bicyclic) bond motifs is 5. The maximum Gasteiger partial charge on any atom is 0.0636 e. The van der Waals surface area contributed by atoms with Gasteiger partial charge in [0.2, 0.25) is 0 Å². The second-order valence-corrected chi connectivity index (χ2v) is 8.25. The molecule has 0 heterocycles. The predicted octanol–water partition coefficient (Wildman–Crippen LogP) is 9.71. The highest BCUT2D eigenvalue weighted by molar-refractivity contribution is 6.25. The van der Waals surface area contributed by atoms with Gasteiger partial charge in [0, 0.05) is 13.6 Å². The van der Waals surface area contributed by atoms with E-state index in [0.29, 0.717) is 0 Å². The molecular weight excluding hydrogens is 420 g/mol. The van der Waals surface area contributed by atoms with Crippen molar-refractivity contribution in [3.05, 3.63) is 120 Å². The van der Waals surface area contributed by atoms with Gasteiger partial charge in [-0.1, -0.05) is 116 Å². The minimum Gasteiger partial charge on any atom is -0.0619 e. The minimum atomic E-state index is -3.75. The van der Waals surface area contributed by atoms with Crippen LogP contribution in [0.25, 0.3) is 65.3 Å². The SMILES string of the molecule is [2H]c1c([2H])c([2H])c2c(c1[2H])-c1c([2H])c([2H])c3c([2H])c(-c4c([2H])c([2H])c5c([2H])c([2H])c6c([2H])c([2H])c([2H])c7c([2H])c([2H])c4c5c67)c([2H])c([2H])c3c1C2(C([2H])([2H])[2H])C([2H])([2H])[2H]. The summed E-state index contributed by atoms with van der Waals surface area (Å²) in [5.74, 6) is 0. The molecule has 0 radical (unpaired) electrons. The molecule has 0 fully saturated rings. The molecular formula is C35H24. The Kier molecular flexibility index (Phi) is 1.33. The van der Waals surface area contributed by atoms with E-state index < -0.39 is 183 Å². The average Bonchev–Trinajstić information content (AvgIpc) is 3.49. The van der Waals surface area contributed by atoms with E-state index in [1.165, 1.54) is 0 Å². The lowest BCUT2D eigenvalue weighted by Gasteiger charge is -2.23. The van der Waals surface area contributed by atoms with Crippen LogP contribution in [0.3, 0.4) is 0 Å². The quantitative estimate of drug-likeness (QED) is 0.210. The van der Waals surface area contributed by atoms with Crippen LogP contribution < -0.4 is 0 Å². The Bertz CT molecular complexity index is 3120. The summed E-state index contributed by atoms with van der Waals surface area (Å²) in [5, 5.41) is -3.92. The van der Waals surface area contributed by atoms with E-state index in [2.05, 4.69) is 0 Å². The van der Waals surface area contributed by atoms with Gasteiger partial charge in [-0.3, -0.25) is 0 Å². The summed E-state index contributed by atoms with van der Waals surface area (Å²) in [4.78, 5) is 0. The molecule has 8 rings (SSSR count). The Morgan fingerprint density at radius 3 is 2.09 bits per heavy atom. The zero-order valence-corrected chi connectivity index (χ0v) is 17.5. The maximum absolute atomic E-state index is 9.54. The average molecular weight is 469 g/mol. The second-order valence-electron chi connectivity index (χ2n) is 8.25. The van der Waals surface area contributed by atoms with Crippen molar-refractivity contribution in [1.29, 1.82) is 0 Å². The highest BCUT2D eigenvalue weighted by atomic mass is 14.4. The number of benzene rings is 7. The highest BCUT2D eigenvalue weighted by Gasteiger charge is 2.36. The van der Waals surface area contributed by atoms with E-state index in [9.17, 15) is 5.48 Å². The van der Waals surface area contributed by atoms with Gasteiger partial charge < -0.3 is 0 Å². The van der Waals surface area contributed by atoms with Gasteiger partial charge in [0.15, 0.2) is 0 Å². The van der Waals surface area contributed by atoms with Crippen LogP contribution in [0.5, 0.6) is 0 Å². The third-order valence-electron chi connectivity index (χ3n) is 6.38. The van der Waals surface area contributed by atoms with Crippen LogP contribution in [0.4, 0.5) is 0 Å². The second kappa shape index (κ2) is 6.49. The molecule has 0 spiro atoms. The maximum atomic E-state index is 9.54. The van der Waals surface area contributed by atoms with Crippen molar-refractivity contribution in [2.24, 2.45) is 0 Å². The summed E-state index contributed by atoms with van der Waals surface area (Å²) in [7, 11) is 0. The Labute approximate surface area is 238 Å². The third-order valence-corrected chi connectivity index (χ3v) is 6.38. The van der Waals surface area contributed by atoms with Crippen LogP contribution in [0.1, 0.15) is 57.7 Å². The van der Waals surface area contributed by atoms with Crippen molar-refractivity contribution in [2.45, 2.75) is 19.1 Å². The lowest BCUT2D eigenvalue weighted by Crippen LogP contribution is -2.15. The molecule has 0 amide bonds. The molecule has 0 atom stereocenters. The largest absolute Gasteiger partial charge is 0.0636 e. The molecule has 164 valence electrons. The van der Waals surface area contributed by atoms with E-state index in [4.69, 9.17) is 27.4 Å². The molecule has 0 nitrogen and oxygen atoms in total. The van der Waals surface area contributed by atoms with Gasteiger partial charge in [-0.05, 0) is 82.5 Å². The van der Waals surface area contributed by atoms with Gasteiger partial charge >= 0.3 is 0 Å². The van der Waals surface area contributed by atoms with Crippen LogP contribution in [0.2, 0.25) is 0 Å². The molecule has 0 aromatic heterocycles. The highest BCUT2D eigenvalue weighted by Crippen LogP contribution is 2.51. The topological polar surface area (TPSA) is 0 Å². The summed E-state index contributed by atoms with van der Waals surface area (Å²) >= 11 is 0. The smallest absolute Gasteiger partial charge is 0.0619 e. The molecule has 0 aliphatic heterocycles. The van der Waals surface area contributed by atoms with Gasteiger partial charge in [-0.2, -0.15) is 0 Å². The standard InChI is InChI=1S/C35H24/c1-35(2)31-9-4-3-8-28(31)30-19-15-25-20-24(14-17-27(25)34(30)35)26-16-12-23-11-10-21-6-5-7-22-13-18-29(26)33(23)32(21)22/h3-20H,1-2H3/i1D3,2D3,3D,4D,5D,6D,7D,8D,9D,10D,11D,12D,13D,14D,15D,16D,17D,18D,19D,20D. The van der Waals surface area contributed by atoms with E-state index in [1.54, 1.807) is 0 Å². The van der Waals surface area contributed by atoms with Crippen molar-refractivity contribution in [1.82, 2.24) is 0 Å². The van der Waals surface area contributed by atoms with Gasteiger partial charge in [0.1, 0.15) is 0 Å². The Morgan fingerprint density at radius 2 is 1.23 bits per heavy atom. The Balaban J connectivity index is 1.68. The number of rotatable bonds is 1. The molecule has 0 saturated carbocycles. The van der Waals surface area contributed by atoms with Gasteiger partial charge in [0.25, 0.3) is 0 Å². The fourth-order valence-corrected chi connectivity index (χ4v) is 4.84. The molecule has 1 aliphatic rings. The molecule has 0 saturated heterocycles. The number of hydrogen-bond donors (Lipinski definition) is 0. The molecule has 7 aromatic rings. The molecule has 0 N–H and O–H groups in total. The van der Waals surface area contributed by atoms with Crippen molar-refractivity contribution < 1.29 is 32.9 Å². The van der Waals surface area contributed by atoms with Crippen LogP contribution in [0.15, 0.2) is 109 Å². The first-order chi connectivity index (χ1) is 27.1. The predicted molar refractivity (Wildman–Crippen MR) is 151 cm³/mol. The first kappa shape index (κ1) is 7.18. The first-order valence-electron chi connectivity index (χ1n) is 22.5. The summed E-state index contributed by atoms with van der Waals surface area (Å²) in [5.41, 5.74) is -8.23. The molecule has 1 aliphatic carbocycles. The summed E-state index contributed by atoms with van der Waals surface area (Å²) in [6, 6.07) is -15.8. The zero-order chi connectivity index (χ0) is 44.0. The van der Waals surface area contributed by atoms with E-state index in [0.717, 1.165) is 0 Å². The summed E-state index contributed by atoms with van der Waals surface area (Å²) < 4.78 is 213. The molecule has 35 heavy (non-hydrogen) atoms. The van der Waals surface area contributed by atoms with Crippen molar-refractivity contribution in [3.63, 3.8) is 0 Å². The normalized spacial score (nSPS) is 24.7. The molecule has 7 aromatic carbocycles. The summed E-state index contributed by atoms with van der Waals surface area (Å²) in [6.45, 7) is -7.51. The zero-order valence-electron chi connectivity index (χ0n) is 41.5. The lowest BCUT2D eigenvalue weighted by molar-refractivity contribution is 0.666. The van der Waals surface area contributed by atoms with Crippen LogP contribution in [0, 0.1) is 0 Å². The molecule has 0 heteroatoms. The summed E-state index contributed by atoms with van der Waals surface area (Å²) in [6.07, 6.45) is 0. The van der Waals surface area contributed by atoms with E-state index in [-0.39, 0.29) is 21.5 Å². The lowest BCUT2D eigenvalue weighted by atomic mass is 9.80. The van der Waals surface area contributed by atoms with Crippen molar-refractivity contribution >= 4 is 43.1 Å². The van der Waals surface area contributed by atoms with Crippen molar-refractivity contribution in [3.8, 4) is 22.3 Å². The fourth-order valence-electron chi connectivity index (χ4n) is 4.84. The Morgan fingerprint density at radius 1 is 0.543 bits per heavy atom. The van der Waals surface area contributed by atoms with Crippen LogP contribution in [-0.4, -0.2) is 0 Å². The van der Waals surface area contributed by atoms with Crippen LogP contribution in [-0.2, 0) is 5.41 Å². The minimum absolute atomic E-state index is 0.257. The van der Waals surface area contributed by atoms with Crippen molar-refractivity contribution in [2.75, 3.05) is 0 Å². The van der Waals surface area contributed by atoms with Gasteiger partial charge in [0.05, 0.1) is 24.7 Å².